The molecule has 1 aromatic carbocycles. The second-order valence-electron chi connectivity index (χ2n) is 8.83. The summed E-state index contributed by atoms with van der Waals surface area (Å²) in [5.74, 6) is 5.85. The lowest BCUT2D eigenvalue weighted by Crippen LogP contribution is -2.34. The van der Waals surface area contributed by atoms with E-state index >= 15 is 0 Å². The summed E-state index contributed by atoms with van der Waals surface area (Å²) >= 11 is 0. The fraction of sp³-hybridized carbons (Fsp3) is 0.667. The predicted octanol–water partition coefficient (Wildman–Crippen LogP) is 6.21. The Morgan fingerprint density at radius 2 is 1.64 bits per heavy atom. The van der Waals surface area contributed by atoms with E-state index in [1.807, 2.05) is 0 Å². The molecule has 3 aliphatic rings. The lowest BCUT2D eigenvalue weighted by Gasteiger charge is -2.44. The number of hydrogen-bond donors (Lipinski definition) is 0. The van der Waals surface area contributed by atoms with Crippen molar-refractivity contribution >= 4 is 0 Å². The standard InChI is InChI=1S/C24H34O/c1-3-4-17-5-6-19-14-20(8-7-18(19)13-17)21-9-10-23-16-24(25-2)12-11-22(23)15-21/h3-4,11-12,16-21H,5-10,13-15H2,1-2H3. The summed E-state index contributed by atoms with van der Waals surface area (Å²) in [6, 6.07) is 6.75. The van der Waals surface area contributed by atoms with Gasteiger partial charge in [-0.05, 0) is 118 Å². The highest BCUT2D eigenvalue weighted by molar-refractivity contribution is 5.37. The van der Waals surface area contributed by atoms with E-state index in [0.29, 0.717) is 0 Å². The van der Waals surface area contributed by atoms with Crippen molar-refractivity contribution in [2.24, 2.45) is 29.6 Å². The van der Waals surface area contributed by atoms with Gasteiger partial charge < -0.3 is 4.74 Å². The Bertz CT molecular complexity index is 617. The van der Waals surface area contributed by atoms with E-state index in [4.69, 9.17) is 4.74 Å². The van der Waals surface area contributed by atoms with Gasteiger partial charge in [-0.15, -0.1) is 0 Å². The fourth-order valence-electron chi connectivity index (χ4n) is 6.13. The third-order valence-electron chi connectivity index (χ3n) is 7.51. The molecule has 0 heterocycles. The van der Waals surface area contributed by atoms with Gasteiger partial charge in [0.25, 0.3) is 0 Å². The third-order valence-corrected chi connectivity index (χ3v) is 7.51. The van der Waals surface area contributed by atoms with E-state index in [1.54, 1.807) is 12.7 Å². The molecule has 0 aliphatic heterocycles. The molecule has 1 aromatic rings. The molecule has 0 radical (unpaired) electrons. The van der Waals surface area contributed by atoms with E-state index in [-0.39, 0.29) is 0 Å². The Labute approximate surface area is 153 Å². The van der Waals surface area contributed by atoms with E-state index in [1.165, 1.54) is 63.4 Å². The van der Waals surface area contributed by atoms with Crippen molar-refractivity contribution in [3.63, 3.8) is 0 Å². The summed E-state index contributed by atoms with van der Waals surface area (Å²) in [4.78, 5) is 0. The number of rotatable bonds is 3. The minimum absolute atomic E-state index is 0.874. The quantitative estimate of drug-likeness (QED) is 0.595. The first-order valence-electron chi connectivity index (χ1n) is 10.6. The predicted molar refractivity (Wildman–Crippen MR) is 105 cm³/mol. The van der Waals surface area contributed by atoms with E-state index < -0.39 is 0 Å². The maximum atomic E-state index is 5.40. The molecule has 2 saturated carbocycles. The van der Waals surface area contributed by atoms with Gasteiger partial charge >= 0.3 is 0 Å². The average Bonchev–Trinajstić information content (AvgIpc) is 2.67. The van der Waals surface area contributed by atoms with E-state index in [9.17, 15) is 0 Å². The summed E-state index contributed by atoms with van der Waals surface area (Å²) < 4.78 is 5.40. The lowest BCUT2D eigenvalue weighted by molar-refractivity contribution is 0.0810. The summed E-state index contributed by atoms with van der Waals surface area (Å²) in [6.45, 7) is 2.18. The monoisotopic (exact) mass is 338 g/mol. The van der Waals surface area contributed by atoms with Crippen LogP contribution >= 0.6 is 0 Å². The number of methoxy groups -OCH3 is 1. The van der Waals surface area contributed by atoms with Crippen LogP contribution in [0.5, 0.6) is 5.75 Å². The van der Waals surface area contributed by atoms with Gasteiger partial charge in [-0.2, -0.15) is 0 Å². The molecule has 25 heavy (non-hydrogen) atoms. The molecule has 3 aliphatic carbocycles. The van der Waals surface area contributed by atoms with Crippen LogP contribution in [0.15, 0.2) is 30.4 Å². The summed E-state index contributed by atoms with van der Waals surface area (Å²) in [5.41, 5.74) is 3.13. The van der Waals surface area contributed by atoms with E-state index in [0.717, 1.165) is 35.3 Å². The summed E-state index contributed by atoms with van der Waals surface area (Å²) in [7, 11) is 1.77. The number of ether oxygens (including phenoxy) is 1. The topological polar surface area (TPSA) is 9.23 Å². The minimum Gasteiger partial charge on any atom is -0.497 e. The smallest absolute Gasteiger partial charge is 0.119 e. The van der Waals surface area contributed by atoms with Crippen molar-refractivity contribution in [1.82, 2.24) is 0 Å². The van der Waals surface area contributed by atoms with Crippen LogP contribution in [0.4, 0.5) is 0 Å². The number of fused-ring (bicyclic) bond motifs is 2. The Kier molecular flexibility index (Phi) is 5.20. The molecule has 5 atom stereocenters. The molecule has 4 rings (SSSR count). The second kappa shape index (κ2) is 7.56. The van der Waals surface area contributed by atoms with Crippen molar-refractivity contribution in [3.8, 4) is 5.75 Å². The molecule has 2 fully saturated rings. The van der Waals surface area contributed by atoms with Crippen molar-refractivity contribution < 1.29 is 4.74 Å². The zero-order valence-electron chi connectivity index (χ0n) is 16.0. The molecule has 0 amide bonds. The molecule has 5 unspecified atom stereocenters. The van der Waals surface area contributed by atoms with Gasteiger partial charge in [-0.25, -0.2) is 0 Å². The molecule has 0 saturated heterocycles. The first-order valence-corrected chi connectivity index (χ1v) is 10.6. The molecule has 1 heteroatoms. The van der Waals surface area contributed by atoms with Crippen LogP contribution < -0.4 is 4.74 Å². The number of benzene rings is 1. The van der Waals surface area contributed by atoms with Crippen LogP contribution in [0.25, 0.3) is 0 Å². The van der Waals surface area contributed by atoms with Crippen LogP contribution in [0.1, 0.15) is 63.0 Å². The van der Waals surface area contributed by atoms with Crippen molar-refractivity contribution in [2.45, 2.75) is 64.7 Å². The van der Waals surface area contributed by atoms with Crippen molar-refractivity contribution in [1.29, 1.82) is 0 Å². The van der Waals surface area contributed by atoms with Gasteiger partial charge in [-0.3, -0.25) is 0 Å². The fourth-order valence-corrected chi connectivity index (χ4v) is 6.13. The van der Waals surface area contributed by atoms with Crippen molar-refractivity contribution in [3.05, 3.63) is 41.5 Å². The highest BCUT2D eigenvalue weighted by Crippen LogP contribution is 2.48. The molecule has 136 valence electrons. The van der Waals surface area contributed by atoms with Gasteiger partial charge in [0.2, 0.25) is 0 Å². The highest BCUT2D eigenvalue weighted by atomic mass is 16.5. The first-order chi connectivity index (χ1) is 12.3. The lowest BCUT2D eigenvalue weighted by atomic mass is 9.61. The number of aryl methyl sites for hydroxylation is 1. The molecule has 0 spiro atoms. The third kappa shape index (κ3) is 3.66. The van der Waals surface area contributed by atoms with Gasteiger partial charge in [-0.1, -0.05) is 18.2 Å². The van der Waals surface area contributed by atoms with Crippen molar-refractivity contribution in [2.75, 3.05) is 7.11 Å². The zero-order chi connectivity index (χ0) is 17.2. The van der Waals surface area contributed by atoms with Gasteiger partial charge in [0.15, 0.2) is 0 Å². The maximum absolute atomic E-state index is 5.40. The largest absolute Gasteiger partial charge is 0.497 e. The van der Waals surface area contributed by atoms with Gasteiger partial charge in [0.05, 0.1) is 7.11 Å². The first kappa shape index (κ1) is 17.2. The van der Waals surface area contributed by atoms with Crippen LogP contribution in [-0.4, -0.2) is 7.11 Å². The molecule has 0 aromatic heterocycles. The Hall–Kier alpha value is -1.24. The summed E-state index contributed by atoms with van der Waals surface area (Å²) in [6.07, 6.45) is 17.6. The number of allylic oxidation sites excluding steroid dienone is 2. The second-order valence-corrected chi connectivity index (χ2v) is 8.83. The molecule has 0 bridgehead atoms. The molecular formula is C24H34O. The zero-order valence-corrected chi connectivity index (χ0v) is 16.0. The minimum atomic E-state index is 0.874. The Morgan fingerprint density at radius 1 is 0.880 bits per heavy atom. The van der Waals surface area contributed by atoms with Crippen LogP contribution in [-0.2, 0) is 12.8 Å². The highest BCUT2D eigenvalue weighted by Gasteiger charge is 2.38. The molecule has 0 N–H and O–H groups in total. The Balaban J connectivity index is 1.38. The Morgan fingerprint density at radius 3 is 2.44 bits per heavy atom. The van der Waals surface area contributed by atoms with Gasteiger partial charge in [0.1, 0.15) is 5.75 Å². The van der Waals surface area contributed by atoms with Crippen LogP contribution in [0, 0.1) is 29.6 Å². The van der Waals surface area contributed by atoms with Crippen LogP contribution in [0.2, 0.25) is 0 Å². The van der Waals surface area contributed by atoms with E-state index in [2.05, 4.69) is 37.3 Å². The number of hydrogen-bond acceptors (Lipinski definition) is 1. The molecular weight excluding hydrogens is 304 g/mol. The normalized spacial score (nSPS) is 35.2. The maximum Gasteiger partial charge on any atom is 0.119 e. The summed E-state index contributed by atoms with van der Waals surface area (Å²) in [5, 5.41) is 0. The average molecular weight is 339 g/mol. The van der Waals surface area contributed by atoms with Gasteiger partial charge in [0, 0.05) is 0 Å². The molecule has 1 nitrogen and oxygen atoms in total. The SMILES string of the molecule is CC=CC1CCC2CC(C3CCc4cc(OC)ccc4C3)CCC2C1. The van der Waals surface area contributed by atoms with Crippen LogP contribution in [0.3, 0.4) is 0 Å².